The largest absolute Gasteiger partial charge is 0.378 e. The topological polar surface area (TPSA) is 55.3 Å². The van der Waals surface area contributed by atoms with Crippen LogP contribution in [0.25, 0.3) is 0 Å². The summed E-state index contributed by atoms with van der Waals surface area (Å²) in [6.07, 6.45) is 3.01. The van der Waals surface area contributed by atoms with Crippen molar-refractivity contribution in [3.05, 3.63) is 24.0 Å². The molecule has 2 rings (SSSR count). The lowest BCUT2D eigenvalue weighted by molar-refractivity contribution is 0.0302. The molecule has 0 aliphatic carbocycles. The van der Waals surface area contributed by atoms with Gasteiger partial charge in [-0.15, -0.1) is 0 Å². The van der Waals surface area contributed by atoms with Gasteiger partial charge in [0.2, 0.25) is 0 Å². The monoisotopic (exact) mass is 193 g/mol. The standard InChI is InChI=1S/C9H11N3O2/c13-9(8-1-2-10-11-7-8)12-3-5-14-6-4-12/h1-2,7H,3-6H2. The van der Waals surface area contributed by atoms with Crippen LogP contribution in [-0.4, -0.2) is 47.3 Å². The Hall–Kier alpha value is -1.49. The van der Waals surface area contributed by atoms with E-state index in [-0.39, 0.29) is 5.91 Å². The highest BCUT2D eigenvalue weighted by Gasteiger charge is 2.18. The third-order valence-electron chi connectivity index (χ3n) is 2.13. The van der Waals surface area contributed by atoms with Gasteiger partial charge in [-0.25, -0.2) is 0 Å². The van der Waals surface area contributed by atoms with Gasteiger partial charge in [0.1, 0.15) is 0 Å². The zero-order chi connectivity index (χ0) is 9.80. The highest BCUT2D eigenvalue weighted by atomic mass is 16.5. The number of aromatic nitrogens is 2. The van der Waals surface area contributed by atoms with Crippen LogP contribution in [0.2, 0.25) is 0 Å². The molecule has 1 saturated heterocycles. The summed E-state index contributed by atoms with van der Waals surface area (Å²) in [4.78, 5) is 13.6. The minimum atomic E-state index is 0.00296. The molecule has 1 aromatic rings. The van der Waals surface area contributed by atoms with Crippen molar-refractivity contribution in [2.75, 3.05) is 26.3 Å². The van der Waals surface area contributed by atoms with Crippen LogP contribution in [0, 0.1) is 0 Å². The summed E-state index contributed by atoms with van der Waals surface area (Å²) in [5, 5.41) is 7.30. The number of hydrogen-bond acceptors (Lipinski definition) is 4. The molecule has 0 spiro atoms. The lowest BCUT2D eigenvalue weighted by atomic mass is 10.2. The number of carbonyl (C=O) groups is 1. The molecule has 74 valence electrons. The minimum Gasteiger partial charge on any atom is -0.378 e. The van der Waals surface area contributed by atoms with Crippen LogP contribution in [0.5, 0.6) is 0 Å². The second-order valence-corrected chi connectivity index (χ2v) is 3.04. The van der Waals surface area contributed by atoms with E-state index in [2.05, 4.69) is 10.2 Å². The fourth-order valence-corrected chi connectivity index (χ4v) is 1.37. The van der Waals surface area contributed by atoms with E-state index >= 15 is 0 Å². The normalized spacial score (nSPS) is 16.7. The molecule has 0 N–H and O–H groups in total. The Labute approximate surface area is 81.7 Å². The molecule has 2 heterocycles. The Balaban J connectivity index is 2.07. The fraction of sp³-hybridized carbons (Fsp3) is 0.444. The predicted molar refractivity (Wildman–Crippen MR) is 48.8 cm³/mol. The maximum atomic E-state index is 11.8. The van der Waals surface area contributed by atoms with Gasteiger partial charge >= 0.3 is 0 Å². The van der Waals surface area contributed by atoms with Crippen molar-refractivity contribution in [2.45, 2.75) is 0 Å². The number of carbonyl (C=O) groups excluding carboxylic acids is 1. The second kappa shape index (κ2) is 4.15. The molecule has 5 heteroatoms. The number of hydrogen-bond donors (Lipinski definition) is 0. The summed E-state index contributed by atoms with van der Waals surface area (Å²) in [5.74, 6) is 0.00296. The van der Waals surface area contributed by atoms with Crippen molar-refractivity contribution < 1.29 is 9.53 Å². The molecule has 1 amide bonds. The van der Waals surface area contributed by atoms with Crippen molar-refractivity contribution in [3.63, 3.8) is 0 Å². The Bertz CT molecular complexity index is 309. The molecule has 1 aliphatic heterocycles. The molecular formula is C9H11N3O2. The first kappa shape index (κ1) is 9.08. The third-order valence-corrected chi connectivity index (χ3v) is 2.13. The first-order chi connectivity index (χ1) is 6.88. The van der Waals surface area contributed by atoms with Gasteiger partial charge in [0, 0.05) is 13.1 Å². The van der Waals surface area contributed by atoms with Crippen LogP contribution >= 0.6 is 0 Å². The van der Waals surface area contributed by atoms with E-state index < -0.39 is 0 Å². The second-order valence-electron chi connectivity index (χ2n) is 3.04. The lowest BCUT2D eigenvalue weighted by Crippen LogP contribution is -2.40. The predicted octanol–water partition coefficient (Wildman–Crippen LogP) is -0.0510. The van der Waals surface area contributed by atoms with Gasteiger partial charge < -0.3 is 9.64 Å². The molecular weight excluding hydrogens is 182 g/mol. The summed E-state index contributed by atoms with van der Waals surface area (Å²) < 4.78 is 5.16. The van der Waals surface area contributed by atoms with Crippen molar-refractivity contribution in [1.29, 1.82) is 0 Å². The van der Waals surface area contributed by atoms with E-state index in [9.17, 15) is 4.79 Å². The lowest BCUT2D eigenvalue weighted by Gasteiger charge is -2.26. The SMILES string of the molecule is O=C(c1ccnnc1)N1CCOCC1. The molecule has 14 heavy (non-hydrogen) atoms. The Morgan fingerprint density at radius 1 is 1.36 bits per heavy atom. The maximum Gasteiger partial charge on any atom is 0.255 e. The number of ether oxygens (including phenoxy) is 1. The van der Waals surface area contributed by atoms with Gasteiger partial charge in [0.15, 0.2) is 0 Å². The first-order valence-corrected chi connectivity index (χ1v) is 4.51. The van der Waals surface area contributed by atoms with Crippen molar-refractivity contribution in [1.82, 2.24) is 15.1 Å². The van der Waals surface area contributed by atoms with Gasteiger partial charge in [-0.1, -0.05) is 0 Å². The summed E-state index contributed by atoms with van der Waals surface area (Å²) in [6, 6.07) is 1.67. The average Bonchev–Trinajstić information content (AvgIpc) is 2.30. The molecule has 1 fully saturated rings. The summed E-state index contributed by atoms with van der Waals surface area (Å²) >= 11 is 0. The van der Waals surface area contributed by atoms with Gasteiger partial charge in [0.25, 0.3) is 5.91 Å². The molecule has 1 aliphatic rings. The van der Waals surface area contributed by atoms with Gasteiger partial charge in [-0.3, -0.25) is 4.79 Å². The summed E-state index contributed by atoms with van der Waals surface area (Å²) in [7, 11) is 0. The quantitative estimate of drug-likeness (QED) is 0.627. The molecule has 0 radical (unpaired) electrons. The smallest absolute Gasteiger partial charge is 0.255 e. The average molecular weight is 193 g/mol. The van der Waals surface area contributed by atoms with E-state index in [4.69, 9.17) is 4.74 Å². The number of morpholine rings is 1. The van der Waals surface area contributed by atoms with Crippen LogP contribution in [-0.2, 0) is 4.74 Å². The third kappa shape index (κ3) is 1.88. The van der Waals surface area contributed by atoms with E-state index in [0.29, 0.717) is 31.9 Å². The summed E-state index contributed by atoms with van der Waals surface area (Å²) in [5.41, 5.74) is 0.585. The van der Waals surface area contributed by atoms with E-state index in [1.54, 1.807) is 11.0 Å². The first-order valence-electron chi connectivity index (χ1n) is 4.51. The Morgan fingerprint density at radius 2 is 2.14 bits per heavy atom. The highest BCUT2D eigenvalue weighted by Crippen LogP contribution is 2.04. The number of nitrogens with zero attached hydrogens (tertiary/aromatic N) is 3. The molecule has 0 aromatic carbocycles. The molecule has 0 unspecified atom stereocenters. The fourth-order valence-electron chi connectivity index (χ4n) is 1.37. The molecule has 0 atom stereocenters. The van der Waals surface area contributed by atoms with Crippen LogP contribution in [0.3, 0.4) is 0 Å². The van der Waals surface area contributed by atoms with E-state index in [1.165, 1.54) is 12.4 Å². The van der Waals surface area contributed by atoms with Gasteiger partial charge in [-0.05, 0) is 6.07 Å². The van der Waals surface area contributed by atoms with Crippen LogP contribution in [0.15, 0.2) is 18.5 Å². The van der Waals surface area contributed by atoms with Crippen LogP contribution in [0.1, 0.15) is 10.4 Å². The van der Waals surface area contributed by atoms with Crippen LogP contribution < -0.4 is 0 Å². The van der Waals surface area contributed by atoms with Crippen LogP contribution in [0.4, 0.5) is 0 Å². The summed E-state index contributed by atoms with van der Waals surface area (Å²) in [6.45, 7) is 2.54. The number of amides is 1. The molecule has 1 aromatic heterocycles. The number of rotatable bonds is 1. The van der Waals surface area contributed by atoms with E-state index in [0.717, 1.165) is 0 Å². The van der Waals surface area contributed by atoms with Gasteiger partial charge in [-0.2, -0.15) is 10.2 Å². The van der Waals surface area contributed by atoms with Crippen molar-refractivity contribution >= 4 is 5.91 Å². The molecule has 0 bridgehead atoms. The molecule has 5 nitrogen and oxygen atoms in total. The maximum absolute atomic E-state index is 11.8. The van der Waals surface area contributed by atoms with E-state index in [1.807, 2.05) is 0 Å². The Kier molecular flexibility index (Phi) is 2.69. The van der Waals surface area contributed by atoms with Crippen molar-refractivity contribution in [3.8, 4) is 0 Å². The zero-order valence-electron chi connectivity index (χ0n) is 7.72. The zero-order valence-corrected chi connectivity index (χ0v) is 7.72. The highest BCUT2D eigenvalue weighted by molar-refractivity contribution is 5.93. The minimum absolute atomic E-state index is 0.00296. The molecule has 0 saturated carbocycles. The van der Waals surface area contributed by atoms with Gasteiger partial charge in [0.05, 0.1) is 31.2 Å². The van der Waals surface area contributed by atoms with Crippen molar-refractivity contribution in [2.24, 2.45) is 0 Å². The Morgan fingerprint density at radius 3 is 2.79 bits per heavy atom.